The molecule has 0 N–H and O–H groups in total. The minimum atomic E-state index is -0.290. The highest BCUT2D eigenvalue weighted by molar-refractivity contribution is 7.19. The van der Waals surface area contributed by atoms with Crippen LogP contribution in [-0.4, -0.2) is 4.98 Å². The summed E-state index contributed by atoms with van der Waals surface area (Å²) in [5.74, 6) is -0.290. The summed E-state index contributed by atoms with van der Waals surface area (Å²) in [7, 11) is 0. The highest BCUT2D eigenvalue weighted by Crippen LogP contribution is 2.39. The van der Waals surface area contributed by atoms with Crippen molar-refractivity contribution >= 4 is 22.9 Å². The largest absolute Gasteiger partial charge is 0.224 e. The molecule has 0 unspecified atom stereocenters. The summed E-state index contributed by atoms with van der Waals surface area (Å²) in [6.07, 6.45) is 0. The van der Waals surface area contributed by atoms with Crippen LogP contribution < -0.4 is 0 Å². The average Bonchev–Trinajstić information content (AvgIpc) is 2.82. The lowest BCUT2D eigenvalue weighted by Crippen LogP contribution is -1.86. The zero-order valence-corrected chi connectivity index (χ0v) is 11.4. The molecule has 19 heavy (non-hydrogen) atoms. The van der Waals surface area contributed by atoms with Gasteiger partial charge in [0.05, 0.1) is 10.6 Å². The quantitative estimate of drug-likeness (QED) is 0.626. The minimum absolute atomic E-state index is 0.290. The van der Waals surface area contributed by atoms with Gasteiger partial charge in [-0.25, -0.2) is 9.37 Å². The van der Waals surface area contributed by atoms with Gasteiger partial charge in [0.25, 0.3) is 0 Å². The van der Waals surface area contributed by atoms with Crippen LogP contribution >= 0.6 is 22.9 Å². The minimum Gasteiger partial charge on any atom is -0.224 e. The fourth-order valence-electron chi connectivity index (χ4n) is 1.92. The first-order valence-corrected chi connectivity index (χ1v) is 6.92. The predicted molar refractivity (Wildman–Crippen MR) is 78.0 cm³/mol. The van der Waals surface area contributed by atoms with Crippen LogP contribution in [0.2, 0.25) is 4.47 Å². The van der Waals surface area contributed by atoms with E-state index in [-0.39, 0.29) is 5.82 Å². The number of hydrogen-bond acceptors (Lipinski definition) is 2. The normalized spacial score (nSPS) is 10.6. The van der Waals surface area contributed by atoms with Crippen molar-refractivity contribution in [2.24, 2.45) is 0 Å². The first-order valence-electron chi connectivity index (χ1n) is 5.72. The molecule has 0 spiro atoms. The van der Waals surface area contributed by atoms with Crippen molar-refractivity contribution in [3.05, 3.63) is 64.9 Å². The third-order valence-electron chi connectivity index (χ3n) is 2.77. The maximum atomic E-state index is 13.9. The Morgan fingerprint density at radius 3 is 2.37 bits per heavy atom. The fourth-order valence-corrected chi connectivity index (χ4v) is 3.04. The summed E-state index contributed by atoms with van der Waals surface area (Å²) in [5, 5.41) is 0. The lowest BCUT2D eigenvalue weighted by Gasteiger charge is -2.03. The molecule has 2 aromatic carbocycles. The van der Waals surface area contributed by atoms with Crippen LogP contribution in [0, 0.1) is 5.82 Å². The molecule has 1 aromatic heterocycles. The number of nitrogens with zero attached hydrogens (tertiary/aromatic N) is 1. The Morgan fingerprint density at radius 1 is 0.947 bits per heavy atom. The van der Waals surface area contributed by atoms with Crippen LogP contribution in [0.15, 0.2) is 54.6 Å². The second kappa shape index (κ2) is 5.11. The zero-order valence-electron chi connectivity index (χ0n) is 9.81. The SMILES string of the molecule is Fc1ccccc1-c1nc(Cl)sc1-c1ccccc1. The maximum absolute atomic E-state index is 13.9. The molecule has 0 amide bonds. The number of rotatable bonds is 2. The molecule has 0 saturated carbocycles. The molecule has 3 rings (SSSR count). The summed E-state index contributed by atoms with van der Waals surface area (Å²) < 4.78 is 14.3. The number of hydrogen-bond donors (Lipinski definition) is 0. The molecule has 0 fully saturated rings. The van der Waals surface area contributed by atoms with Gasteiger partial charge in [-0.05, 0) is 17.7 Å². The van der Waals surface area contributed by atoms with Gasteiger partial charge in [-0.3, -0.25) is 0 Å². The monoisotopic (exact) mass is 289 g/mol. The number of halogens is 2. The van der Waals surface area contributed by atoms with E-state index in [4.69, 9.17) is 11.6 Å². The van der Waals surface area contributed by atoms with Crippen LogP contribution in [0.25, 0.3) is 21.7 Å². The molecular formula is C15H9ClFNS. The van der Waals surface area contributed by atoms with Gasteiger partial charge in [-0.1, -0.05) is 54.1 Å². The molecule has 0 bridgehead atoms. The van der Waals surface area contributed by atoms with Gasteiger partial charge in [-0.15, -0.1) is 11.3 Å². The number of thiazole rings is 1. The fraction of sp³-hybridized carbons (Fsp3) is 0. The molecule has 1 nitrogen and oxygen atoms in total. The summed E-state index contributed by atoms with van der Waals surface area (Å²) >= 11 is 7.36. The molecule has 0 atom stereocenters. The Kier molecular flexibility index (Phi) is 3.32. The third kappa shape index (κ3) is 2.39. The summed E-state index contributed by atoms with van der Waals surface area (Å²) in [5.41, 5.74) is 2.06. The first kappa shape index (κ1) is 12.3. The van der Waals surface area contributed by atoms with E-state index in [1.165, 1.54) is 17.4 Å². The van der Waals surface area contributed by atoms with Crippen LogP contribution in [0.3, 0.4) is 0 Å². The predicted octanol–water partition coefficient (Wildman–Crippen LogP) is 5.27. The average molecular weight is 290 g/mol. The van der Waals surface area contributed by atoms with Crippen LogP contribution in [0.1, 0.15) is 0 Å². The Morgan fingerprint density at radius 2 is 1.63 bits per heavy atom. The molecule has 0 aliphatic rings. The van der Waals surface area contributed by atoms with E-state index in [2.05, 4.69) is 4.98 Å². The first-order chi connectivity index (χ1) is 9.25. The van der Waals surface area contributed by atoms with Crippen molar-refractivity contribution in [3.63, 3.8) is 0 Å². The van der Waals surface area contributed by atoms with Gasteiger partial charge < -0.3 is 0 Å². The van der Waals surface area contributed by atoms with Gasteiger partial charge in [-0.2, -0.15) is 0 Å². The molecule has 4 heteroatoms. The third-order valence-corrected chi connectivity index (χ3v) is 3.97. The summed E-state index contributed by atoms with van der Waals surface area (Å²) in [6.45, 7) is 0. The molecule has 0 radical (unpaired) electrons. The van der Waals surface area contributed by atoms with E-state index >= 15 is 0 Å². The van der Waals surface area contributed by atoms with E-state index in [1.54, 1.807) is 18.2 Å². The van der Waals surface area contributed by atoms with E-state index in [0.29, 0.717) is 15.7 Å². The topological polar surface area (TPSA) is 12.9 Å². The van der Waals surface area contributed by atoms with Crippen LogP contribution in [-0.2, 0) is 0 Å². The molecule has 94 valence electrons. The molecule has 0 aliphatic carbocycles. The lowest BCUT2D eigenvalue weighted by molar-refractivity contribution is 0.631. The van der Waals surface area contributed by atoms with E-state index in [0.717, 1.165) is 10.4 Å². The molecule has 3 aromatic rings. The summed E-state index contributed by atoms with van der Waals surface area (Å²) in [4.78, 5) is 5.15. The molecule has 0 saturated heterocycles. The molecule has 1 heterocycles. The Bertz CT molecular complexity index is 709. The van der Waals surface area contributed by atoms with E-state index in [1.807, 2.05) is 30.3 Å². The maximum Gasteiger partial charge on any atom is 0.184 e. The van der Waals surface area contributed by atoms with Gasteiger partial charge in [0, 0.05) is 5.56 Å². The number of benzene rings is 2. The van der Waals surface area contributed by atoms with Crippen LogP contribution in [0.5, 0.6) is 0 Å². The van der Waals surface area contributed by atoms with Crippen LogP contribution in [0.4, 0.5) is 4.39 Å². The highest BCUT2D eigenvalue weighted by Gasteiger charge is 2.16. The standard InChI is InChI=1S/C15H9ClFNS/c16-15-18-13(11-8-4-5-9-12(11)17)14(19-15)10-6-2-1-3-7-10/h1-9H. The smallest absolute Gasteiger partial charge is 0.184 e. The molecule has 0 aliphatic heterocycles. The Labute approximate surface area is 119 Å². The second-order valence-electron chi connectivity index (χ2n) is 3.99. The van der Waals surface area contributed by atoms with Gasteiger partial charge in [0.2, 0.25) is 0 Å². The van der Waals surface area contributed by atoms with Crippen molar-refractivity contribution in [1.29, 1.82) is 0 Å². The van der Waals surface area contributed by atoms with Crippen molar-refractivity contribution in [2.45, 2.75) is 0 Å². The highest BCUT2D eigenvalue weighted by atomic mass is 35.5. The van der Waals surface area contributed by atoms with E-state index in [9.17, 15) is 4.39 Å². The molecular weight excluding hydrogens is 281 g/mol. The van der Waals surface area contributed by atoms with Crippen molar-refractivity contribution in [3.8, 4) is 21.7 Å². The van der Waals surface area contributed by atoms with Gasteiger partial charge in [0.1, 0.15) is 5.82 Å². The van der Waals surface area contributed by atoms with Crippen molar-refractivity contribution in [1.82, 2.24) is 4.98 Å². The second-order valence-corrected chi connectivity index (χ2v) is 5.57. The van der Waals surface area contributed by atoms with Crippen molar-refractivity contribution < 1.29 is 4.39 Å². The Hall–Kier alpha value is -1.71. The van der Waals surface area contributed by atoms with Gasteiger partial charge in [0.15, 0.2) is 4.47 Å². The van der Waals surface area contributed by atoms with E-state index < -0.39 is 0 Å². The lowest BCUT2D eigenvalue weighted by atomic mass is 10.1. The summed E-state index contributed by atoms with van der Waals surface area (Å²) in [6, 6.07) is 16.3. The Balaban J connectivity index is 2.21. The zero-order chi connectivity index (χ0) is 13.2. The van der Waals surface area contributed by atoms with Gasteiger partial charge >= 0.3 is 0 Å². The number of aromatic nitrogens is 1. The van der Waals surface area contributed by atoms with Crippen molar-refractivity contribution in [2.75, 3.05) is 0 Å².